The highest BCUT2D eigenvalue weighted by molar-refractivity contribution is 6.81. The molecule has 0 aliphatic heterocycles. The minimum Gasteiger partial charge on any atom is -0.478 e. The van der Waals surface area contributed by atoms with E-state index in [2.05, 4.69) is 45.9 Å². The number of ether oxygens (including phenoxy) is 1. The Hall–Kier alpha value is -0.339. The van der Waals surface area contributed by atoms with Crippen LogP contribution in [0.15, 0.2) is 12.7 Å². The molecule has 0 amide bonds. The molecule has 3 N–H and O–H groups in total. The van der Waals surface area contributed by atoms with Gasteiger partial charge in [0.15, 0.2) is 16.6 Å². The number of hydrogen-bond acceptors (Lipinski definition) is 6. The number of aliphatic hydroxyl groups is 2. The van der Waals surface area contributed by atoms with Gasteiger partial charge in [0.2, 0.25) is 0 Å². The maximum Gasteiger partial charge on any atom is 0.336 e. The zero-order chi connectivity index (χ0) is 21.2. The number of carboxylic acids is 1. The molecule has 2 atom stereocenters. The fraction of sp³-hybridized carbons (Fsp3) is 0.812. The minimum atomic E-state index is -2.33. The van der Waals surface area contributed by atoms with Crippen molar-refractivity contribution in [3.8, 4) is 0 Å². The molecular formula is C16H38O7Si3. The van der Waals surface area contributed by atoms with Crippen LogP contribution in [0.2, 0.25) is 39.3 Å². The lowest BCUT2D eigenvalue weighted by atomic mass is 10.2. The molecule has 2 unspecified atom stereocenters. The summed E-state index contributed by atoms with van der Waals surface area (Å²) >= 11 is 0. The highest BCUT2D eigenvalue weighted by Gasteiger charge is 2.49. The molecule has 0 rings (SSSR count). The van der Waals surface area contributed by atoms with Gasteiger partial charge in [0.25, 0.3) is 0 Å². The summed E-state index contributed by atoms with van der Waals surface area (Å²) in [5.74, 6) is -0.981. The van der Waals surface area contributed by atoms with E-state index in [0.717, 1.165) is 12.5 Å². The van der Waals surface area contributed by atoms with Gasteiger partial charge >= 0.3 is 15.3 Å². The van der Waals surface area contributed by atoms with Crippen molar-refractivity contribution in [1.29, 1.82) is 0 Å². The maximum atomic E-state index is 10.3. The molecule has 0 heterocycles. The van der Waals surface area contributed by atoms with E-state index in [1.54, 1.807) is 0 Å². The summed E-state index contributed by atoms with van der Waals surface area (Å²) in [4.78, 5) is 9.25. The Kier molecular flexibility index (Phi) is 13.1. The molecule has 0 aromatic rings. The Morgan fingerprint density at radius 1 is 1.19 bits per heavy atom. The van der Waals surface area contributed by atoms with Gasteiger partial charge in [0.1, 0.15) is 11.3 Å². The van der Waals surface area contributed by atoms with Crippen LogP contribution in [0.5, 0.6) is 0 Å². The number of aliphatic hydroxyl groups excluding tert-OH is 2. The smallest absolute Gasteiger partial charge is 0.336 e. The van der Waals surface area contributed by atoms with Crippen LogP contribution < -0.4 is 0 Å². The lowest BCUT2D eigenvalue weighted by Crippen LogP contribution is -2.63. The van der Waals surface area contributed by atoms with Crippen molar-refractivity contribution < 1.29 is 33.1 Å². The Labute approximate surface area is 162 Å². The van der Waals surface area contributed by atoms with Crippen LogP contribution in [0.4, 0.5) is 0 Å². The Bertz CT molecular complexity index is 405. The van der Waals surface area contributed by atoms with E-state index in [4.69, 9.17) is 18.1 Å². The predicted molar refractivity (Wildman–Crippen MR) is 112 cm³/mol. The van der Waals surface area contributed by atoms with Crippen molar-refractivity contribution in [3.05, 3.63) is 12.7 Å². The fourth-order valence-corrected chi connectivity index (χ4v) is 10.0. The summed E-state index contributed by atoms with van der Waals surface area (Å²) in [7, 11) is -6.01. The topological polar surface area (TPSA) is 105 Å². The van der Waals surface area contributed by atoms with Crippen LogP contribution in [0.25, 0.3) is 0 Å². The normalized spacial score (nSPS) is 15.7. The van der Waals surface area contributed by atoms with E-state index in [1.807, 2.05) is 13.8 Å². The number of hydrogen-bond donors (Lipinski definition) is 3. The molecule has 0 spiro atoms. The average molecular weight is 427 g/mol. The summed E-state index contributed by atoms with van der Waals surface area (Å²) in [5, 5.41) is 26.4. The van der Waals surface area contributed by atoms with Crippen LogP contribution in [-0.2, 0) is 17.8 Å². The zero-order valence-corrected chi connectivity index (χ0v) is 20.7. The number of rotatable bonds is 11. The molecular weight excluding hydrogens is 388 g/mol. The Morgan fingerprint density at radius 2 is 1.58 bits per heavy atom. The second-order valence-electron chi connectivity index (χ2n) is 8.07. The van der Waals surface area contributed by atoms with Gasteiger partial charge in [0.05, 0.1) is 6.61 Å². The average Bonchev–Trinajstić information content (AvgIpc) is 2.48. The second-order valence-corrected chi connectivity index (χ2v) is 20.2. The molecule has 0 fully saturated rings. The first-order chi connectivity index (χ1) is 11.6. The van der Waals surface area contributed by atoms with Crippen molar-refractivity contribution in [1.82, 2.24) is 0 Å². The van der Waals surface area contributed by atoms with Gasteiger partial charge in [0, 0.05) is 12.7 Å². The molecule has 0 aliphatic carbocycles. The quantitative estimate of drug-likeness (QED) is 0.344. The van der Waals surface area contributed by atoms with Gasteiger partial charge in [-0.15, -0.1) is 0 Å². The van der Waals surface area contributed by atoms with Crippen molar-refractivity contribution in [2.24, 2.45) is 0 Å². The van der Waals surface area contributed by atoms with E-state index in [0.29, 0.717) is 6.61 Å². The summed E-state index contributed by atoms with van der Waals surface area (Å²) in [6.45, 7) is 19.6. The van der Waals surface area contributed by atoms with Crippen molar-refractivity contribution >= 4 is 31.9 Å². The molecule has 0 aromatic heterocycles. The summed E-state index contributed by atoms with van der Waals surface area (Å²) in [6, 6.07) is 0. The molecule has 10 heteroatoms. The highest BCUT2D eigenvalue weighted by Crippen LogP contribution is 2.27. The van der Waals surface area contributed by atoms with Crippen LogP contribution in [0, 0.1) is 0 Å². The third-order valence-corrected chi connectivity index (χ3v) is 11.9. The number of aliphatic carboxylic acids is 1. The second kappa shape index (κ2) is 12.2. The molecule has 26 heavy (non-hydrogen) atoms. The Balaban J connectivity index is 0. The van der Waals surface area contributed by atoms with E-state index in [9.17, 15) is 15.0 Å². The van der Waals surface area contributed by atoms with Crippen LogP contribution in [0.1, 0.15) is 20.3 Å². The lowest BCUT2D eigenvalue weighted by molar-refractivity contribution is -0.131. The maximum absolute atomic E-state index is 10.3. The summed E-state index contributed by atoms with van der Waals surface area (Å²) in [5.41, 5.74) is 0. The van der Waals surface area contributed by atoms with Crippen LogP contribution in [0.3, 0.4) is 0 Å². The van der Waals surface area contributed by atoms with Gasteiger partial charge < -0.3 is 28.3 Å². The molecule has 0 saturated heterocycles. The zero-order valence-electron chi connectivity index (χ0n) is 17.5. The van der Waals surface area contributed by atoms with Crippen LogP contribution >= 0.6 is 0 Å². The van der Waals surface area contributed by atoms with Gasteiger partial charge in [-0.25, -0.2) is 4.79 Å². The summed E-state index contributed by atoms with van der Waals surface area (Å²) in [6.07, 6.45) is 0.683. The standard InChI is InChI=1S/C13H34O5Si3.C3H4O2/c1-9-10-16-13(2,12(15)11-14)19(17-20(3,4)5)18-21(6,7)8;1-2-3(4)5/h12,14-15,19H,9-11H2,1-8H3;2H,1H2,(H,4,5). The molecule has 0 bridgehead atoms. The van der Waals surface area contributed by atoms with E-state index < -0.39 is 43.2 Å². The van der Waals surface area contributed by atoms with Crippen molar-refractivity contribution in [3.63, 3.8) is 0 Å². The first-order valence-electron chi connectivity index (χ1n) is 8.76. The molecule has 156 valence electrons. The fourth-order valence-electron chi connectivity index (χ4n) is 1.72. The van der Waals surface area contributed by atoms with Crippen LogP contribution in [-0.4, -0.2) is 71.7 Å². The van der Waals surface area contributed by atoms with E-state index >= 15 is 0 Å². The van der Waals surface area contributed by atoms with Crippen molar-refractivity contribution in [2.45, 2.75) is 70.9 Å². The largest absolute Gasteiger partial charge is 0.478 e. The minimum absolute atomic E-state index is 0.353. The number of carboxylic acid groups (broad SMARTS) is 1. The molecule has 0 aromatic carbocycles. The lowest BCUT2D eigenvalue weighted by Gasteiger charge is -2.43. The molecule has 0 aliphatic rings. The van der Waals surface area contributed by atoms with Crippen molar-refractivity contribution in [2.75, 3.05) is 13.2 Å². The third kappa shape index (κ3) is 12.9. The van der Waals surface area contributed by atoms with Gasteiger partial charge in [-0.2, -0.15) is 0 Å². The first kappa shape index (κ1) is 27.9. The van der Waals surface area contributed by atoms with E-state index in [-0.39, 0.29) is 6.61 Å². The first-order valence-corrected chi connectivity index (χ1v) is 17.1. The third-order valence-electron chi connectivity index (χ3n) is 3.02. The molecule has 0 radical (unpaired) electrons. The number of carbonyl (C=O) groups is 1. The predicted octanol–water partition coefficient (Wildman–Crippen LogP) is 2.24. The molecule has 0 saturated carbocycles. The summed E-state index contributed by atoms with van der Waals surface area (Å²) < 4.78 is 18.5. The SMILES string of the molecule is C=CC(=O)O.CCCOC(C)(C(O)CO)[SiH](O[Si](C)(C)C)O[Si](C)(C)C. The van der Waals surface area contributed by atoms with E-state index in [1.165, 1.54) is 0 Å². The van der Waals surface area contributed by atoms with Gasteiger partial charge in [-0.1, -0.05) is 13.5 Å². The monoisotopic (exact) mass is 426 g/mol. The molecule has 7 nitrogen and oxygen atoms in total. The van der Waals surface area contributed by atoms with Gasteiger partial charge in [-0.05, 0) is 52.6 Å². The highest BCUT2D eigenvalue weighted by atomic mass is 28.4. The Morgan fingerprint density at radius 3 is 1.81 bits per heavy atom. The van der Waals surface area contributed by atoms with Gasteiger partial charge in [-0.3, -0.25) is 0 Å².